The van der Waals surface area contributed by atoms with Crippen LogP contribution in [-0.2, 0) is 20.8 Å². The zero-order valence-corrected chi connectivity index (χ0v) is 31.6. The number of rotatable bonds is 3. The van der Waals surface area contributed by atoms with Crippen molar-refractivity contribution in [1.82, 2.24) is 0 Å². The molecule has 0 bridgehead atoms. The van der Waals surface area contributed by atoms with Gasteiger partial charge in [0, 0.05) is 9.52 Å². The van der Waals surface area contributed by atoms with Gasteiger partial charge in [-0.05, 0) is 42.0 Å². The van der Waals surface area contributed by atoms with Gasteiger partial charge in [-0.3, -0.25) is 0 Å². The second-order valence-electron chi connectivity index (χ2n) is 11.2. The Morgan fingerprint density at radius 1 is 0.651 bits per heavy atom. The molecule has 0 spiro atoms. The molecule has 0 atom stereocenters. The number of halogens is 2. The molecule has 0 N–H and O–H groups in total. The fourth-order valence-electron chi connectivity index (χ4n) is 5.51. The Labute approximate surface area is 280 Å². The zero-order chi connectivity index (χ0) is 31.5. The first kappa shape index (κ1) is 35.3. The van der Waals surface area contributed by atoms with Crippen LogP contribution in [0.2, 0.25) is 13.1 Å². The Bertz CT molecular complexity index is 1710. The first-order chi connectivity index (χ1) is 20.7. The van der Waals surface area contributed by atoms with Crippen LogP contribution in [0.1, 0.15) is 47.6 Å². The topological polar surface area (TPSA) is 0 Å². The summed E-state index contributed by atoms with van der Waals surface area (Å²) in [6.07, 6.45) is 0. The predicted octanol–water partition coefficient (Wildman–Crippen LogP) is 13.0. The summed E-state index contributed by atoms with van der Waals surface area (Å²) in [6.45, 7) is 17.6. The van der Waals surface area contributed by atoms with E-state index in [1.165, 1.54) is 71.6 Å². The van der Waals surface area contributed by atoms with Gasteiger partial charge in [0.15, 0.2) is 0 Å². The van der Waals surface area contributed by atoms with Crippen LogP contribution in [0.3, 0.4) is 0 Å². The summed E-state index contributed by atoms with van der Waals surface area (Å²) in [5.74, 6) is 0.577. The second-order valence-corrected chi connectivity index (χ2v) is 16.0. The Morgan fingerprint density at radius 3 is 1.86 bits per heavy atom. The van der Waals surface area contributed by atoms with Crippen LogP contribution in [-0.4, -0.2) is 9.52 Å². The van der Waals surface area contributed by atoms with Gasteiger partial charge in [0.25, 0.3) is 0 Å². The Hall–Kier alpha value is -2.22. The molecule has 43 heavy (non-hydrogen) atoms. The van der Waals surface area contributed by atoms with Crippen LogP contribution in [0.15, 0.2) is 103 Å². The van der Waals surface area contributed by atoms with E-state index >= 15 is 0 Å². The molecule has 6 aromatic rings. The summed E-state index contributed by atoms with van der Waals surface area (Å²) in [5.41, 5.74) is 12.2. The van der Waals surface area contributed by atoms with Crippen molar-refractivity contribution in [2.45, 2.75) is 60.6 Å². The molecule has 0 saturated heterocycles. The molecule has 0 heterocycles. The molecule has 4 heteroatoms. The molecule has 0 aliphatic heterocycles. The molecule has 6 rings (SSSR count). The van der Waals surface area contributed by atoms with E-state index in [4.69, 9.17) is 17.0 Å². The van der Waals surface area contributed by atoms with Gasteiger partial charge in [0.2, 0.25) is 0 Å². The van der Waals surface area contributed by atoms with Crippen LogP contribution in [0.25, 0.3) is 43.8 Å². The Morgan fingerprint density at radius 2 is 1.26 bits per heavy atom. The second kappa shape index (κ2) is 17.3. The first-order valence-electron chi connectivity index (χ1n) is 14.7. The molecule has 0 aromatic heterocycles. The summed E-state index contributed by atoms with van der Waals surface area (Å²) >= 11 is -0.826. The molecule has 6 aromatic carbocycles. The third-order valence-corrected chi connectivity index (χ3v) is 7.52. The fraction of sp³-hybridized carbons (Fsp3) is 0.231. The summed E-state index contributed by atoms with van der Waals surface area (Å²) in [5, 5.41) is 5.49. The predicted molar refractivity (Wildman–Crippen MR) is 192 cm³/mol. The summed E-state index contributed by atoms with van der Waals surface area (Å²) < 4.78 is 0. The minimum atomic E-state index is -0.826. The molecule has 0 fully saturated rings. The van der Waals surface area contributed by atoms with Gasteiger partial charge < -0.3 is 0 Å². The van der Waals surface area contributed by atoms with Crippen LogP contribution in [0, 0.1) is 27.7 Å². The van der Waals surface area contributed by atoms with E-state index in [0.717, 1.165) is 9.52 Å². The van der Waals surface area contributed by atoms with E-state index in [1.807, 2.05) is 0 Å². The van der Waals surface area contributed by atoms with Gasteiger partial charge >= 0.3 is 37.9 Å². The van der Waals surface area contributed by atoms with E-state index in [1.54, 1.807) is 0 Å². The summed E-state index contributed by atoms with van der Waals surface area (Å²) in [7, 11) is 11.0. The SMILES string of the molecule is C[Si]C.Cc1cc2c(-c3ccccc3)ccc(C)c2[cH-]1.Cc1cccc(C)c1-c1cccc2[cH-]c(C(C)C)cc12.[Cl][Zr+2][Cl]. The maximum absolute atomic E-state index is 4.93. The van der Waals surface area contributed by atoms with Crippen LogP contribution < -0.4 is 0 Å². The molecule has 0 aliphatic carbocycles. The molecule has 2 radical (unpaired) electrons. The van der Waals surface area contributed by atoms with Crippen molar-refractivity contribution in [3.63, 3.8) is 0 Å². The van der Waals surface area contributed by atoms with E-state index in [0.29, 0.717) is 5.92 Å². The Kier molecular flexibility index (Phi) is 14.2. The van der Waals surface area contributed by atoms with Crippen molar-refractivity contribution in [3.8, 4) is 22.3 Å². The van der Waals surface area contributed by atoms with Crippen molar-refractivity contribution in [2.24, 2.45) is 0 Å². The van der Waals surface area contributed by atoms with Crippen molar-refractivity contribution >= 4 is 48.1 Å². The van der Waals surface area contributed by atoms with Crippen LogP contribution in [0.4, 0.5) is 0 Å². The molecule has 0 unspecified atom stereocenters. The van der Waals surface area contributed by atoms with Crippen molar-refractivity contribution in [3.05, 3.63) is 131 Å². The van der Waals surface area contributed by atoms with Crippen molar-refractivity contribution < 1.29 is 20.8 Å². The fourth-order valence-corrected chi connectivity index (χ4v) is 5.51. The summed E-state index contributed by atoms with van der Waals surface area (Å²) in [4.78, 5) is 0. The van der Waals surface area contributed by atoms with E-state index in [9.17, 15) is 0 Å². The molecule has 0 nitrogen and oxygen atoms in total. The molecular formula is C39H42Cl2SiZr. The average molecular weight is 701 g/mol. The normalized spacial score (nSPS) is 10.3. The standard InChI is InChI=1S/C20H21.C17H15.C2H6Si.2ClH.Zr/c1-13(2)17-11-16-9-6-10-18(19(16)12-17)20-14(3)7-5-8-15(20)4;1-12-10-16-13(2)8-9-15(17(16)11-12)14-6-4-3-5-7-14;1-3-2;;;/h5-13H,1-4H3;3-11H,1-2H3;1-2H3;2*1H;/q2*-1;;;;+4/p-2. The number of hydrogen-bond acceptors (Lipinski definition) is 0. The number of benzene rings is 4. The van der Waals surface area contributed by atoms with Crippen molar-refractivity contribution in [1.29, 1.82) is 0 Å². The minimum absolute atomic E-state index is 0.577. The van der Waals surface area contributed by atoms with Gasteiger partial charge in [-0.1, -0.05) is 113 Å². The third-order valence-electron chi connectivity index (χ3n) is 7.52. The van der Waals surface area contributed by atoms with Crippen molar-refractivity contribution in [2.75, 3.05) is 0 Å². The molecule has 220 valence electrons. The van der Waals surface area contributed by atoms with Gasteiger partial charge in [-0.25, -0.2) is 0 Å². The molecular weight excluding hydrogens is 659 g/mol. The maximum atomic E-state index is 4.93. The van der Waals surface area contributed by atoms with Crippen LogP contribution >= 0.6 is 17.0 Å². The van der Waals surface area contributed by atoms with Gasteiger partial charge in [-0.15, -0.1) is 68.6 Å². The monoisotopic (exact) mass is 698 g/mol. The van der Waals surface area contributed by atoms with E-state index in [-0.39, 0.29) is 0 Å². The quantitative estimate of drug-likeness (QED) is 0.127. The number of fused-ring (bicyclic) bond motifs is 2. The first-order valence-corrected chi connectivity index (χ1v) is 23.0. The average Bonchev–Trinajstić information content (AvgIpc) is 3.60. The zero-order valence-electron chi connectivity index (χ0n) is 26.6. The van der Waals surface area contributed by atoms with Gasteiger partial charge in [0.05, 0.1) is 0 Å². The third kappa shape index (κ3) is 9.15. The van der Waals surface area contributed by atoms with E-state index < -0.39 is 20.8 Å². The Balaban J connectivity index is 0.000000201. The molecule has 0 amide bonds. The summed E-state index contributed by atoms with van der Waals surface area (Å²) in [6, 6.07) is 37.5. The number of hydrogen-bond donors (Lipinski definition) is 0. The van der Waals surface area contributed by atoms with Crippen LogP contribution in [0.5, 0.6) is 0 Å². The van der Waals surface area contributed by atoms with E-state index in [2.05, 4.69) is 158 Å². The number of aryl methyl sites for hydroxylation is 4. The molecule has 0 saturated carbocycles. The molecule has 0 aliphatic rings. The van der Waals surface area contributed by atoms with Gasteiger partial charge in [-0.2, -0.15) is 12.1 Å². The van der Waals surface area contributed by atoms with Gasteiger partial charge in [0.1, 0.15) is 0 Å².